The average Bonchev–Trinajstić information content (AvgIpc) is 3.42. The number of ether oxygens (including phenoxy) is 1. The van der Waals surface area contributed by atoms with E-state index in [-0.39, 0.29) is 18.0 Å². The number of fused-ring (bicyclic) bond motifs is 3. The minimum Gasteiger partial charge on any atom is -0.469 e. The molecule has 160 valence electrons. The van der Waals surface area contributed by atoms with Crippen molar-refractivity contribution in [2.24, 2.45) is 0 Å². The molecule has 1 atom stereocenters. The number of furan rings is 1. The second kappa shape index (κ2) is 7.57. The van der Waals surface area contributed by atoms with Crippen LogP contribution < -0.4 is 10.2 Å². The first-order chi connectivity index (χ1) is 15.0. The molecule has 2 aromatic heterocycles. The van der Waals surface area contributed by atoms with Gasteiger partial charge in [-0.2, -0.15) is 0 Å². The highest BCUT2D eigenvalue weighted by Gasteiger charge is 2.33. The number of benzene rings is 1. The van der Waals surface area contributed by atoms with Gasteiger partial charge in [0, 0.05) is 23.7 Å². The Hall–Kier alpha value is -3.62. The van der Waals surface area contributed by atoms with Crippen molar-refractivity contribution in [2.45, 2.75) is 32.3 Å². The lowest BCUT2D eigenvalue weighted by molar-refractivity contribution is -0.119. The number of hydrogen-bond donors (Lipinski definition) is 1. The summed E-state index contributed by atoms with van der Waals surface area (Å²) >= 11 is 0. The fraction of sp³-hybridized carbons (Fsp3) is 0.318. The van der Waals surface area contributed by atoms with Gasteiger partial charge in [-0.3, -0.25) is 9.69 Å². The van der Waals surface area contributed by atoms with Crippen LogP contribution in [-0.4, -0.2) is 36.4 Å². The Morgan fingerprint density at radius 3 is 2.94 bits per heavy atom. The number of halogens is 1. The van der Waals surface area contributed by atoms with E-state index in [4.69, 9.17) is 13.7 Å². The first-order valence-corrected chi connectivity index (χ1v) is 10.1. The van der Waals surface area contributed by atoms with Crippen molar-refractivity contribution in [3.05, 3.63) is 47.7 Å². The molecule has 1 aliphatic carbocycles. The number of hydrogen-bond acceptors (Lipinski definition) is 6. The molecule has 0 saturated carbocycles. The third-order valence-electron chi connectivity index (χ3n) is 5.63. The zero-order chi connectivity index (χ0) is 21.5. The minimum atomic E-state index is -0.475. The molecule has 1 saturated heterocycles. The van der Waals surface area contributed by atoms with Gasteiger partial charge >= 0.3 is 6.09 Å². The molecule has 5 rings (SSSR count). The van der Waals surface area contributed by atoms with Crippen molar-refractivity contribution in [1.82, 2.24) is 10.5 Å². The third kappa shape index (κ3) is 3.45. The van der Waals surface area contributed by atoms with Crippen molar-refractivity contribution >= 4 is 17.7 Å². The quantitative estimate of drug-likeness (QED) is 0.685. The van der Waals surface area contributed by atoms with E-state index in [1.807, 2.05) is 18.2 Å². The molecule has 2 aliphatic rings. The molecule has 1 aliphatic heterocycles. The highest BCUT2D eigenvalue weighted by Crippen LogP contribution is 2.40. The van der Waals surface area contributed by atoms with Crippen molar-refractivity contribution < 1.29 is 27.7 Å². The van der Waals surface area contributed by atoms with Gasteiger partial charge in [0.1, 0.15) is 24.3 Å². The van der Waals surface area contributed by atoms with Crippen molar-refractivity contribution in [3.8, 4) is 22.6 Å². The summed E-state index contributed by atoms with van der Waals surface area (Å²) in [6, 6.07) is 5.67. The molecule has 1 N–H and O–H groups in total. The molecule has 0 radical (unpaired) electrons. The first kappa shape index (κ1) is 19.3. The zero-order valence-electron chi connectivity index (χ0n) is 16.8. The smallest absolute Gasteiger partial charge is 0.414 e. The van der Waals surface area contributed by atoms with Gasteiger partial charge in [-0.25, -0.2) is 9.18 Å². The maximum absolute atomic E-state index is 14.0. The van der Waals surface area contributed by atoms with E-state index in [0.29, 0.717) is 24.4 Å². The second-order valence-corrected chi connectivity index (χ2v) is 7.72. The topological polar surface area (TPSA) is 97.8 Å². The summed E-state index contributed by atoms with van der Waals surface area (Å²) in [5.41, 5.74) is 4.21. The van der Waals surface area contributed by atoms with E-state index in [9.17, 15) is 14.0 Å². The molecule has 3 aromatic rings. The number of cyclic esters (lactones) is 1. The van der Waals surface area contributed by atoms with Crippen LogP contribution in [-0.2, 0) is 22.4 Å². The van der Waals surface area contributed by atoms with Crippen molar-refractivity contribution in [3.63, 3.8) is 0 Å². The molecule has 31 heavy (non-hydrogen) atoms. The summed E-state index contributed by atoms with van der Waals surface area (Å²) in [4.78, 5) is 25.0. The number of anilines is 1. The van der Waals surface area contributed by atoms with E-state index >= 15 is 0 Å². The lowest BCUT2D eigenvalue weighted by atomic mass is 10.0. The molecule has 0 spiro atoms. The minimum absolute atomic E-state index is 0.169. The van der Waals surface area contributed by atoms with Crippen molar-refractivity contribution in [1.29, 1.82) is 0 Å². The van der Waals surface area contributed by atoms with Crippen LogP contribution in [0.15, 0.2) is 39.7 Å². The zero-order valence-corrected chi connectivity index (χ0v) is 16.8. The highest BCUT2D eigenvalue weighted by molar-refractivity contribution is 5.90. The molecule has 1 aromatic carbocycles. The maximum atomic E-state index is 14.0. The number of rotatable bonds is 4. The predicted molar refractivity (Wildman–Crippen MR) is 108 cm³/mol. The highest BCUT2D eigenvalue weighted by atomic mass is 19.1. The molecule has 2 amide bonds. The fourth-order valence-corrected chi connectivity index (χ4v) is 4.14. The number of aryl methyl sites for hydroxylation is 1. The molecule has 8 nitrogen and oxygen atoms in total. The predicted octanol–water partition coefficient (Wildman–Crippen LogP) is 3.69. The van der Waals surface area contributed by atoms with Gasteiger partial charge in [0.25, 0.3) is 0 Å². The van der Waals surface area contributed by atoms with Gasteiger partial charge in [-0.15, -0.1) is 0 Å². The first-order valence-electron chi connectivity index (χ1n) is 10.1. The van der Waals surface area contributed by atoms with E-state index in [1.54, 1.807) is 4.90 Å². The van der Waals surface area contributed by atoms with E-state index in [0.717, 1.165) is 41.5 Å². The van der Waals surface area contributed by atoms with Crippen LogP contribution in [0.25, 0.3) is 22.6 Å². The van der Waals surface area contributed by atoms with Gasteiger partial charge in [0.05, 0.1) is 18.7 Å². The summed E-state index contributed by atoms with van der Waals surface area (Å²) < 4.78 is 30.0. The van der Waals surface area contributed by atoms with E-state index < -0.39 is 18.0 Å². The normalized spacial score (nSPS) is 17.7. The molecule has 3 heterocycles. The lowest BCUT2D eigenvalue weighted by Gasteiger charge is -2.15. The summed E-state index contributed by atoms with van der Waals surface area (Å²) in [7, 11) is 0. The molecule has 0 bridgehead atoms. The van der Waals surface area contributed by atoms with Gasteiger partial charge in [0.15, 0.2) is 11.6 Å². The van der Waals surface area contributed by atoms with E-state index in [1.165, 1.54) is 13.2 Å². The third-order valence-corrected chi connectivity index (χ3v) is 5.63. The molecule has 0 unspecified atom stereocenters. The Balaban J connectivity index is 1.44. The Morgan fingerprint density at radius 1 is 1.29 bits per heavy atom. The lowest BCUT2D eigenvalue weighted by Crippen LogP contribution is -2.33. The SMILES string of the molecule is CC(=O)NC[C@H]1CN(c2ccc3c(c2)CCCc2c(-c4cocc4F)noc2-3)C(=O)O1. The van der Waals surface area contributed by atoms with Gasteiger partial charge in [-0.05, 0) is 43.0 Å². The van der Waals surface area contributed by atoms with Gasteiger partial charge in [0.2, 0.25) is 5.91 Å². The Morgan fingerprint density at radius 2 is 2.16 bits per heavy atom. The average molecular weight is 425 g/mol. The second-order valence-electron chi connectivity index (χ2n) is 7.72. The van der Waals surface area contributed by atoms with Gasteiger partial charge < -0.3 is 19.0 Å². The van der Waals surface area contributed by atoms with Crippen LogP contribution >= 0.6 is 0 Å². The van der Waals surface area contributed by atoms with Crippen LogP contribution in [0, 0.1) is 5.82 Å². The van der Waals surface area contributed by atoms with E-state index in [2.05, 4.69) is 10.5 Å². The fourth-order valence-electron chi connectivity index (χ4n) is 4.14. The number of nitrogens with zero attached hydrogens (tertiary/aromatic N) is 2. The van der Waals surface area contributed by atoms with Crippen LogP contribution in [0.2, 0.25) is 0 Å². The number of nitrogens with one attached hydrogen (secondary N) is 1. The Labute approximate surface area is 176 Å². The molecule has 1 fully saturated rings. The van der Waals surface area contributed by atoms with Gasteiger partial charge in [-0.1, -0.05) is 5.16 Å². The molecule has 9 heteroatoms. The Kier molecular flexibility index (Phi) is 4.72. The summed E-state index contributed by atoms with van der Waals surface area (Å²) in [6.07, 6.45) is 3.82. The molecular formula is C22H20FN3O5. The summed E-state index contributed by atoms with van der Waals surface area (Å²) in [5.74, 6) is -0.0310. The van der Waals surface area contributed by atoms with Crippen LogP contribution in [0.3, 0.4) is 0 Å². The maximum Gasteiger partial charge on any atom is 0.414 e. The number of amides is 2. The number of carbonyl (C=O) groups is 2. The number of aromatic nitrogens is 1. The summed E-state index contributed by atoms with van der Waals surface area (Å²) in [6.45, 7) is 2.05. The van der Waals surface area contributed by atoms with Crippen LogP contribution in [0.4, 0.5) is 14.9 Å². The largest absolute Gasteiger partial charge is 0.469 e. The summed E-state index contributed by atoms with van der Waals surface area (Å²) in [5, 5.41) is 6.78. The van der Waals surface area contributed by atoms with Crippen LogP contribution in [0.5, 0.6) is 0 Å². The monoisotopic (exact) mass is 425 g/mol. The standard InChI is InChI=1S/C22H20FN3O5/c1-12(27)24-8-15-9-26(22(28)30-15)14-5-6-16-13(7-14)3-2-4-17-20(25-31-21(16)17)18-10-29-11-19(18)23/h5-7,10-11,15H,2-4,8-9H2,1H3,(H,24,27)/t15-/m0/s1. The van der Waals surface area contributed by atoms with Crippen molar-refractivity contribution in [2.75, 3.05) is 18.0 Å². The Bertz CT molecular complexity index is 1170. The molecular weight excluding hydrogens is 405 g/mol. The van der Waals surface area contributed by atoms with Crippen LogP contribution in [0.1, 0.15) is 24.5 Å². The number of carbonyl (C=O) groups excluding carboxylic acids is 2.